The van der Waals surface area contributed by atoms with E-state index in [-0.39, 0.29) is 0 Å². The minimum absolute atomic E-state index is 0.552. The van der Waals surface area contributed by atoms with E-state index in [4.69, 9.17) is 15.7 Å². The summed E-state index contributed by atoms with van der Waals surface area (Å²) in [6, 6.07) is 7.01. The lowest BCUT2D eigenvalue weighted by atomic mass is 10.1. The lowest BCUT2D eigenvalue weighted by molar-refractivity contribution is 0.338. The highest BCUT2D eigenvalue weighted by atomic mass is 16.5. The first kappa shape index (κ1) is 10.6. The molecule has 1 aromatic rings. The molecule has 1 rings (SSSR count). The van der Waals surface area contributed by atoms with Gasteiger partial charge in [-0.2, -0.15) is 5.26 Å². The summed E-state index contributed by atoms with van der Waals surface area (Å²) in [5.74, 6) is 0.849. The molecule has 1 atom stereocenters. The fraction of sp³-hybridized carbons (Fsp3) is 0.364. The minimum atomic E-state index is -0.552. The van der Waals surface area contributed by atoms with Crippen molar-refractivity contribution in [3.05, 3.63) is 29.3 Å². The van der Waals surface area contributed by atoms with E-state index in [1.807, 2.05) is 38.1 Å². The first-order valence-corrected chi connectivity index (χ1v) is 4.57. The third-order valence-electron chi connectivity index (χ3n) is 2.00. The highest BCUT2D eigenvalue weighted by Crippen LogP contribution is 2.21. The molecule has 3 nitrogen and oxygen atoms in total. The van der Waals surface area contributed by atoms with Crippen molar-refractivity contribution in [1.29, 1.82) is 5.26 Å². The summed E-state index contributed by atoms with van der Waals surface area (Å²) < 4.78 is 5.38. The van der Waals surface area contributed by atoms with Crippen LogP contribution in [0.5, 0.6) is 5.75 Å². The van der Waals surface area contributed by atoms with Crippen molar-refractivity contribution in [1.82, 2.24) is 0 Å². The van der Waals surface area contributed by atoms with Gasteiger partial charge in [0.05, 0.1) is 12.7 Å². The quantitative estimate of drug-likeness (QED) is 0.792. The summed E-state index contributed by atoms with van der Waals surface area (Å²) in [6.45, 7) is 4.53. The standard InChI is InChI=1S/C11H14N2O/c1-3-14-11-5-4-9(6-8(11)2)10(13)7-12/h4-6,10H,3,13H2,1-2H3. The van der Waals surface area contributed by atoms with E-state index in [9.17, 15) is 0 Å². The number of rotatable bonds is 3. The van der Waals surface area contributed by atoms with Crippen LogP contribution in [0, 0.1) is 18.3 Å². The predicted octanol–water partition coefficient (Wildman–Crippen LogP) is 1.92. The summed E-state index contributed by atoms with van der Waals surface area (Å²) in [6.07, 6.45) is 0. The van der Waals surface area contributed by atoms with Gasteiger partial charge in [-0.05, 0) is 37.1 Å². The molecule has 0 fully saturated rings. The molecule has 0 aliphatic rings. The van der Waals surface area contributed by atoms with Gasteiger partial charge in [0.2, 0.25) is 0 Å². The number of nitrogens with zero attached hydrogens (tertiary/aromatic N) is 1. The van der Waals surface area contributed by atoms with E-state index < -0.39 is 6.04 Å². The van der Waals surface area contributed by atoms with E-state index in [1.54, 1.807) is 0 Å². The second kappa shape index (κ2) is 4.64. The van der Waals surface area contributed by atoms with Gasteiger partial charge in [0.25, 0.3) is 0 Å². The lowest BCUT2D eigenvalue weighted by Gasteiger charge is -2.09. The molecule has 0 radical (unpaired) electrons. The van der Waals surface area contributed by atoms with Crippen LogP contribution in [0.3, 0.4) is 0 Å². The van der Waals surface area contributed by atoms with Crippen LogP contribution in [0.2, 0.25) is 0 Å². The average molecular weight is 190 g/mol. The van der Waals surface area contributed by atoms with Crippen molar-refractivity contribution >= 4 is 0 Å². The summed E-state index contributed by atoms with van der Waals surface area (Å²) in [4.78, 5) is 0. The smallest absolute Gasteiger partial charge is 0.122 e. The molecule has 0 heterocycles. The van der Waals surface area contributed by atoms with Crippen molar-refractivity contribution in [2.75, 3.05) is 6.61 Å². The average Bonchev–Trinajstić information content (AvgIpc) is 2.20. The van der Waals surface area contributed by atoms with Crippen molar-refractivity contribution in [2.45, 2.75) is 19.9 Å². The predicted molar refractivity (Wildman–Crippen MR) is 54.9 cm³/mol. The number of nitriles is 1. The third kappa shape index (κ3) is 2.24. The highest BCUT2D eigenvalue weighted by Gasteiger charge is 2.06. The second-order valence-electron chi connectivity index (χ2n) is 3.06. The van der Waals surface area contributed by atoms with E-state index in [0.717, 1.165) is 16.9 Å². The first-order chi connectivity index (χ1) is 6.69. The van der Waals surface area contributed by atoms with Crippen LogP contribution in [-0.2, 0) is 0 Å². The maximum Gasteiger partial charge on any atom is 0.122 e. The maximum absolute atomic E-state index is 8.65. The summed E-state index contributed by atoms with van der Waals surface area (Å²) in [5, 5.41) is 8.65. The lowest BCUT2D eigenvalue weighted by Crippen LogP contribution is -2.07. The van der Waals surface area contributed by atoms with E-state index >= 15 is 0 Å². The van der Waals surface area contributed by atoms with E-state index in [0.29, 0.717) is 6.61 Å². The molecule has 1 aromatic carbocycles. The van der Waals surface area contributed by atoms with Gasteiger partial charge in [-0.15, -0.1) is 0 Å². The molecule has 0 saturated carbocycles. The molecule has 1 unspecified atom stereocenters. The Kier molecular flexibility index (Phi) is 3.49. The van der Waals surface area contributed by atoms with Crippen molar-refractivity contribution in [2.24, 2.45) is 5.73 Å². The molecular weight excluding hydrogens is 176 g/mol. The molecule has 0 amide bonds. The normalized spacial score (nSPS) is 11.9. The summed E-state index contributed by atoms with van der Waals surface area (Å²) in [5.41, 5.74) is 7.42. The fourth-order valence-electron chi connectivity index (χ4n) is 1.26. The fourth-order valence-corrected chi connectivity index (χ4v) is 1.26. The van der Waals surface area contributed by atoms with Crippen molar-refractivity contribution in [3.8, 4) is 11.8 Å². The molecule has 0 saturated heterocycles. The topological polar surface area (TPSA) is 59.0 Å². The Hall–Kier alpha value is -1.53. The Morgan fingerprint density at radius 3 is 2.79 bits per heavy atom. The van der Waals surface area contributed by atoms with Gasteiger partial charge in [-0.3, -0.25) is 0 Å². The zero-order valence-electron chi connectivity index (χ0n) is 8.45. The zero-order valence-corrected chi connectivity index (χ0v) is 8.45. The number of benzene rings is 1. The third-order valence-corrected chi connectivity index (χ3v) is 2.00. The van der Waals surface area contributed by atoms with Crippen LogP contribution >= 0.6 is 0 Å². The van der Waals surface area contributed by atoms with Crippen LogP contribution in [0.15, 0.2) is 18.2 Å². The van der Waals surface area contributed by atoms with Gasteiger partial charge < -0.3 is 10.5 Å². The maximum atomic E-state index is 8.65. The number of hydrogen-bond donors (Lipinski definition) is 1. The second-order valence-corrected chi connectivity index (χ2v) is 3.06. The van der Waals surface area contributed by atoms with Gasteiger partial charge in [-0.25, -0.2) is 0 Å². The number of ether oxygens (including phenoxy) is 1. The SMILES string of the molecule is CCOc1ccc(C(N)C#N)cc1C. The molecule has 74 valence electrons. The first-order valence-electron chi connectivity index (χ1n) is 4.57. The van der Waals surface area contributed by atoms with Crippen LogP contribution < -0.4 is 10.5 Å². The molecule has 0 aliphatic carbocycles. The van der Waals surface area contributed by atoms with Crippen molar-refractivity contribution < 1.29 is 4.74 Å². The summed E-state index contributed by atoms with van der Waals surface area (Å²) >= 11 is 0. The van der Waals surface area contributed by atoms with Crippen molar-refractivity contribution in [3.63, 3.8) is 0 Å². The zero-order chi connectivity index (χ0) is 10.6. The molecule has 0 aliphatic heterocycles. The van der Waals surface area contributed by atoms with Crippen LogP contribution in [0.4, 0.5) is 0 Å². The van der Waals surface area contributed by atoms with Crippen LogP contribution in [-0.4, -0.2) is 6.61 Å². The van der Waals surface area contributed by atoms with E-state index in [1.165, 1.54) is 0 Å². The Labute approximate surface area is 84.1 Å². The van der Waals surface area contributed by atoms with Crippen LogP contribution in [0.1, 0.15) is 24.1 Å². The van der Waals surface area contributed by atoms with Gasteiger partial charge in [-0.1, -0.05) is 6.07 Å². The van der Waals surface area contributed by atoms with Gasteiger partial charge in [0.1, 0.15) is 11.8 Å². The molecular formula is C11H14N2O. The monoisotopic (exact) mass is 190 g/mol. The number of nitrogens with two attached hydrogens (primary N) is 1. The van der Waals surface area contributed by atoms with Gasteiger partial charge in [0, 0.05) is 0 Å². The van der Waals surface area contributed by atoms with Crippen LogP contribution in [0.25, 0.3) is 0 Å². The summed E-state index contributed by atoms with van der Waals surface area (Å²) in [7, 11) is 0. The Balaban J connectivity index is 2.95. The molecule has 14 heavy (non-hydrogen) atoms. The largest absolute Gasteiger partial charge is 0.494 e. The molecule has 2 N–H and O–H groups in total. The Morgan fingerprint density at radius 2 is 2.29 bits per heavy atom. The molecule has 3 heteroatoms. The molecule has 0 spiro atoms. The minimum Gasteiger partial charge on any atom is -0.494 e. The number of aryl methyl sites for hydroxylation is 1. The Morgan fingerprint density at radius 1 is 1.57 bits per heavy atom. The van der Waals surface area contributed by atoms with Gasteiger partial charge in [0.15, 0.2) is 0 Å². The Bertz CT molecular complexity index is 355. The highest BCUT2D eigenvalue weighted by molar-refractivity contribution is 5.38. The van der Waals surface area contributed by atoms with E-state index in [2.05, 4.69) is 0 Å². The van der Waals surface area contributed by atoms with Gasteiger partial charge >= 0.3 is 0 Å². The molecule has 0 bridgehead atoms. The number of hydrogen-bond acceptors (Lipinski definition) is 3. The molecule has 0 aromatic heterocycles.